The van der Waals surface area contributed by atoms with Crippen LogP contribution < -0.4 is 5.73 Å². The molecule has 2 heterocycles. The average molecular weight is 277 g/mol. The first-order valence-electron chi connectivity index (χ1n) is 8.90. The van der Waals surface area contributed by atoms with E-state index in [0.29, 0.717) is 6.04 Å². The molecule has 3 heteroatoms. The van der Waals surface area contributed by atoms with Gasteiger partial charge in [0.05, 0.1) is 0 Å². The molecule has 0 aromatic carbocycles. The molecular weight excluding hydrogens is 246 g/mol. The summed E-state index contributed by atoms with van der Waals surface area (Å²) in [5, 5.41) is 0. The largest absolute Gasteiger partial charge is 0.327 e. The van der Waals surface area contributed by atoms with E-state index in [1.54, 1.807) is 0 Å². The van der Waals surface area contributed by atoms with Gasteiger partial charge in [0, 0.05) is 25.2 Å². The minimum Gasteiger partial charge on any atom is -0.327 e. The van der Waals surface area contributed by atoms with Gasteiger partial charge in [-0.25, -0.2) is 0 Å². The first kappa shape index (κ1) is 13.5. The lowest BCUT2D eigenvalue weighted by Gasteiger charge is -2.47. The summed E-state index contributed by atoms with van der Waals surface area (Å²) in [6, 6.07) is 1.38. The molecule has 3 nitrogen and oxygen atoms in total. The Bertz CT molecular complexity index is 356. The molecule has 0 spiro atoms. The van der Waals surface area contributed by atoms with Gasteiger partial charge in [-0.3, -0.25) is 0 Å². The van der Waals surface area contributed by atoms with Crippen LogP contribution >= 0.6 is 0 Å². The van der Waals surface area contributed by atoms with Crippen molar-refractivity contribution in [2.24, 2.45) is 29.4 Å². The molecule has 4 rings (SSSR count). The number of hydrogen-bond donors (Lipinski definition) is 1. The monoisotopic (exact) mass is 277 g/mol. The predicted molar refractivity (Wildman–Crippen MR) is 82.5 cm³/mol. The van der Waals surface area contributed by atoms with E-state index in [-0.39, 0.29) is 0 Å². The van der Waals surface area contributed by atoms with E-state index in [1.165, 1.54) is 64.7 Å². The fourth-order valence-electron chi connectivity index (χ4n) is 5.92. The van der Waals surface area contributed by atoms with Crippen LogP contribution in [0.3, 0.4) is 0 Å². The quantitative estimate of drug-likeness (QED) is 0.835. The first-order valence-corrected chi connectivity index (χ1v) is 8.90. The highest BCUT2D eigenvalue weighted by molar-refractivity contribution is 5.00. The molecule has 0 radical (unpaired) electrons. The van der Waals surface area contributed by atoms with Gasteiger partial charge in [0.25, 0.3) is 0 Å². The summed E-state index contributed by atoms with van der Waals surface area (Å²) in [6.07, 6.45) is 8.56. The van der Waals surface area contributed by atoms with Crippen LogP contribution in [0.4, 0.5) is 0 Å². The lowest BCUT2D eigenvalue weighted by molar-refractivity contribution is 0.0268. The summed E-state index contributed by atoms with van der Waals surface area (Å²) in [7, 11) is 2.33. The van der Waals surface area contributed by atoms with Crippen LogP contribution in [0.5, 0.6) is 0 Å². The number of piperidine rings is 2. The molecule has 2 saturated heterocycles. The van der Waals surface area contributed by atoms with Crippen molar-refractivity contribution in [1.29, 1.82) is 0 Å². The van der Waals surface area contributed by atoms with Crippen LogP contribution in [0.15, 0.2) is 0 Å². The molecule has 2 N–H and O–H groups in total. The third kappa shape index (κ3) is 2.22. The van der Waals surface area contributed by atoms with E-state index in [2.05, 4.69) is 16.8 Å². The standard InChI is InChI=1S/C17H31N3/c1-19-7-2-3-14-10-20(8-6-16(14)19)11-15-12-4-5-13(9-12)17(15)18/h12-17H,2-11,18H2,1H3. The zero-order valence-corrected chi connectivity index (χ0v) is 13.0. The van der Waals surface area contributed by atoms with Crippen molar-refractivity contribution < 1.29 is 0 Å². The molecule has 0 aromatic rings. The average Bonchev–Trinajstić information content (AvgIpc) is 3.03. The second-order valence-corrected chi connectivity index (χ2v) is 8.07. The Morgan fingerprint density at radius 1 is 1.00 bits per heavy atom. The second kappa shape index (κ2) is 5.26. The maximum atomic E-state index is 6.50. The van der Waals surface area contributed by atoms with E-state index in [0.717, 1.165) is 29.7 Å². The van der Waals surface area contributed by atoms with Crippen LogP contribution in [-0.4, -0.2) is 55.1 Å². The second-order valence-electron chi connectivity index (χ2n) is 8.07. The highest BCUT2D eigenvalue weighted by atomic mass is 15.2. The van der Waals surface area contributed by atoms with Crippen LogP contribution in [0.1, 0.15) is 38.5 Å². The molecule has 0 amide bonds. The third-order valence-electron chi connectivity index (χ3n) is 7.06. The van der Waals surface area contributed by atoms with Gasteiger partial charge in [0.1, 0.15) is 0 Å². The maximum absolute atomic E-state index is 6.50. The summed E-state index contributed by atoms with van der Waals surface area (Å²) in [4.78, 5) is 5.39. The zero-order valence-electron chi connectivity index (χ0n) is 13.0. The number of nitrogens with zero attached hydrogens (tertiary/aromatic N) is 2. The molecule has 2 saturated carbocycles. The van der Waals surface area contributed by atoms with Crippen molar-refractivity contribution in [2.45, 2.75) is 50.6 Å². The summed E-state index contributed by atoms with van der Waals surface area (Å²) < 4.78 is 0. The molecule has 6 unspecified atom stereocenters. The van der Waals surface area contributed by atoms with E-state index in [1.807, 2.05) is 0 Å². The Morgan fingerprint density at radius 3 is 2.65 bits per heavy atom. The molecular formula is C17H31N3. The topological polar surface area (TPSA) is 32.5 Å². The maximum Gasteiger partial charge on any atom is 0.0145 e. The number of rotatable bonds is 2. The lowest BCUT2D eigenvalue weighted by atomic mass is 9.81. The van der Waals surface area contributed by atoms with Crippen molar-refractivity contribution in [1.82, 2.24) is 9.80 Å². The molecule has 4 fully saturated rings. The number of hydrogen-bond acceptors (Lipinski definition) is 3. The van der Waals surface area contributed by atoms with E-state index >= 15 is 0 Å². The van der Waals surface area contributed by atoms with Crippen LogP contribution in [0.25, 0.3) is 0 Å². The minimum absolute atomic E-state index is 0.514. The fraction of sp³-hybridized carbons (Fsp3) is 1.00. The van der Waals surface area contributed by atoms with Gasteiger partial charge < -0.3 is 15.5 Å². The summed E-state index contributed by atoms with van der Waals surface area (Å²) in [5.74, 6) is 3.56. The summed E-state index contributed by atoms with van der Waals surface area (Å²) in [5.41, 5.74) is 6.50. The van der Waals surface area contributed by atoms with E-state index in [4.69, 9.17) is 5.73 Å². The Hall–Kier alpha value is -0.120. The van der Waals surface area contributed by atoms with Gasteiger partial charge in [-0.1, -0.05) is 0 Å². The third-order valence-corrected chi connectivity index (χ3v) is 7.06. The van der Waals surface area contributed by atoms with Crippen molar-refractivity contribution in [3.05, 3.63) is 0 Å². The molecule has 2 aliphatic heterocycles. The molecule has 0 aromatic heterocycles. The van der Waals surface area contributed by atoms with Gasteiger partial charge in [-0.15, -0.1) is 0 Å². The van der Waals surface area contributed by atoms with Crippen LogP contribution in [0, 0.1) is 23.7 Å². The molecule has 2 aliphatic carbocycles. The normalized spacial score (nSPS) is 49.5. The smallest absolute Gasteiger partial charge is 0.0145 e. The van der Waals surface area contributed by atoms with Crippen LogP contribution in [0.2, 0.25) is 0 Å². The fourth-order valence-corrected chi connectivity index (χ4v) is 5.92. The molecule has 2 bridgehead atoms. The first-order chi connectivity index (χ1) is 9.72. The zero-order chi connectivity index (χ0) is 13.7. The Kier molecular flexibility index (Phi) is 3.56. The minimum atomic E-state index is 0.514. The van der Waals surface area contributed by atoms with Gasteiger partial charge in [0.2, 0.25) is 0 Å². The Labute approximate surface area is 123 Å². The molecule has 114 valence electrons. The van der Waals surface area contributed by atoms with E-state index in [9.17, 15) is 0 Å². The summed E-state index contributed by atoms with van der Waals surface area (Å²) in [6.45, 7) is 5.27. The number of nitrogens with two attached hydrogens (primary N) is 1. The Balaban J connectivity index is 1.36. The van der Waals surface area contributed by atoms with Gasteiger partial charge in [0.15, 0.2) is 0 Å². The van der Waals surface area contributed by atoms with Gasteiger partial charge in [-0.2, -0.15) is 0 Å². The van der Waals surface area contributed by atoms with Crippen molar-refractivity contribution >= 4 is 0 Å². The van der Waals surface area contributed by atoms with Crippen LogP contribution in [-0.2, 0) is 0 Å². The van der Waals surface area contributed by atoms with E-state index < -0.39 is 0 Å². The lowest BCUT2D eigenvalue weighted by Crippen LogP contribution is -2.54. The van der Waals surface area contributed by atoms with Crippen molar-refractivity contribution in [2.75, 3.05) is 33.2 Å². The molecule has 20 heavy (non-hydrogen) atoms. The number of likely N-dealkylation sites (tertiary alicyclic amines) is 2. The summed E-state index contributed by atoms with van der Waals surface area (Å²) >= 11 is 0. The van der Waals surface area contributed by atoms with Gasteiger partial charge in [-0.05, 0) is 82.3 Å². The SMILES string of the molecule is CN1CCCC2CN(CC3C4CCC(C4)C3N)CCC21. The molecule has 6 atom stereocenters. The van der Waals surface area contributed by atoms with Crippen molar-refractivity contribution in [3.8, 4) is 0 Å². The highest BCUT2D eigenvalue weighted by Crippen LogP contribution is 2.48. The highest BCUT2D eigenvalue weighted by Gasteiger charge is 2.46. The van der Waals surface area contributed by atoms with Crippen molar-refractivity contribution in [3.63, 3.8) is 0 Å². The Morgan fingerprint density at radius 2 is 1.85 bits per heavy atom. The molecule has 4 aliphatic rings. The number of fused-ring (bicyclic) bond motifs is 3. The van der Waals surface area contributed by atoms with Gasteiger partial charge >= 0.3 is 0 Å². The predicted octanol–water partition coefficient (Wildman–Crippen LogP) is 1.78.